The summed E-state index contributed by atoms with van der Waals surface area (Å²) in [4.78, 5) is 17.2. The summed E-state index contributed by atoms with van der Waals surface area (Å²) in [7, 11) is 0. The van der Waals surface area contributed by atoms with Gasteiger partial charge in [0.2, 0.25) is 5.89 Å². The number of anilines is 1. The van der Waals surface area contributed by atoms with E-state index in [4.69, 9.17) is 39.2 Å². The molecule has 0 radical (unpaired) electrons. The summed E-state index contributed by atoms with van der Waals surface area (Å²) in [6.07, 6.45) is 1.61. The Morgan fingerprint density at radius 1 is 0.897 bits per heavy atom. The number of hydrogen-bond acceptors (Lipinski definition) is 3. The van der Waals surface area contributed by atoms with Gasteiger partial charge in [0, 0.05) is 16.1 Å². The van der Waals surface area contributed by atoms with Gasteiger partial charge in [0.05, 0.1) is 27.5 Å². The van der Waals surface area contributed by atoms with Crippen molar-refractivity contribution in [1.82, 2.24) is 4.98 Å². The average molecular weight is 444 g/mol. The molecular weight excluding hydrogens is 431 g/mol. The highest BCUT2D eigenvalue weighted by molar-refractivity contribution is 6.44. The number of oxazole rings is 1. The van der Waals surface area contributed by atoms with Crippen molar-refractivity contribution in [2.45, 2.75) is 0 Å². The van der Waals surface area contributed by atoms with Gasteiger partial charge in [-0.25, -0.2) is 4.98 Å². The molecule has 0 saturated heterocycles. The van der Waals surface area contributed by atoms with E-state index < -0.39 is 0 Å². The lowest BCUT2D eigenvalue weighted by molar-refractivity contribution is 0.102. The Kier molecular flexibility index (Phi) is 5.58. The predicted molar refractivity (Wildman–Crippen MR) is 117 cm³/mol. The number of amides is 1. The molecule has 4 aromatic rings. The van der Waals surface area contributed by atoms with E-state index in [0.29, 0.717) is 38.5 Å². The summed E-state index contributed by atoms with van der Waals surface area (Å²) in [5.41, 5.74) is 2.21. The molecule has 0 aliphatic heterocycles. The van der Waals surface area contributed by atoms with Gasteiger partial charge in [-0.2, -0.15) is 0 Å². The maximum atomic E-state index is 12.9. The first-order valence-corrected chi connectivity index (χ1v) is 9.73. The van der Waals surface area contributed by atoms with Gasteiger partial charge in [0.1, 0.15) is 0 Å². The van der Waals surface area contributed by atoms with Crippen LogP contribution in [0.1, 0.15) is 10.4 Å². The van der Waals surface area contributed by atoms with Crippen molar-refractivity contribution in [1.29, 1.82) is 0 Å². The van der Waals surface area contributed by atoms with E-state index in [2.05, 4.69) is 10.3 Å². The number of aromatic nitrogens is 1. The Labute approximate surface area is 182 Å². The zero-order chi connectivity index (χ0) is 20.4. The zero-order valence-electron chi connectivity index (χ0n) is 14.8. The van der Waals surface area contributed by atoms with E-state index in [0.717, 1.165) is 5.56 Å². The summed E-state index contributed by atoms with van der Waals surface area (Å²) in [5, 5.41) is 4.06. The molecule has 0 unspecified atom stereocenters. The van der Waals surface area contributed by atoms with E-state index in [-0.39, 0.29) is 10.9 Å². The highest BCUT2D eigenvalue weighted by Crippen LogP contribution is 2.32. The van der Waals surface area contributed by atoms with Crippen LogP contribution < -0.4 is 5.32 Å². The Morgan fingerprint density at radius 2 is 1.66 bits per heavy atom. The van der Waals surface area contributed by atoms with Crippen LogP contribution in [0.3, 0.4) is 0 Å². The fourth-order valence-electron chi connectivity index (χ4n) is 2.80. The molecule has 3 aromatic carbocycles. The number of carbonyl (C=O) groups is 1. The number of nitrogens with one attached hydrogen (secondary N) is 1. The standard InChI is InChI=1S/C22H13Cl3N2O2/c23-14-10-8-13(9-11-14)19-12-26-22(29-19)16-5-2-1-4-15(16)21(28)27-18-7-3-6-17(24)20(18)25/h1-12H,(H,27,28). The number of rotatable bonds is 4. The molecule has 1 N–H and O–H groups in total. The molecule has 0 aliphatic carbocycles. The second-order valence-corrected chi connectivity index (χ2v) is 7.36. The normalized spacial score (nSPS) is 10.7. The van der Waals surface area contributed by atoms with Crippen LogP contribution >= 0.6 is 34.8 Å². The second kappa shape index (κ2) is 8.29. The smallest absolute Gasteiger partial charge is 0.256 e. The third-order valence-electron chi connectivity index (χ3n) is 4.24. The lowest BCUT2D eigenvalue weighted by Crippen LogP contribution is -2.13. The van der Waals surface area contributed by atoms with Crippen LogP contribution in [0.2, 0.25) is 15.1 Å². The van der Waals surface area contributed by atoms with Gasteiger partial charge >= 0.3 is 0 Å². The molecule has 0 fully saturated rings. The topological polar surface area (TPSA) is 55.1 Å². The van der Waals surface area contributed by atoms with Gasteiger partial charge in [0.15, 0.2) is 5.76 Å². The number of halogens is 3. The molecule has 1 heterocycles. The molecule has 4 rings (SSSR count). The fraction of sp³-hybridized carbons (Fsp3) is 0. The van der Waals surface area contributed by atoms with Gasteiger partial charge in [-0.05, 0) is 48.5 Å². The van der Waals surface area contributed by atoms with Crippen LogP contribution in [0.5, 0.6) is 0 Å². The van der Waals surface area contributed by atoms with Crippen molar-refractivity contribution in [3.05, 3.63) is 93.6 Å². The molecule has 0 bridgehead atoms. The molecule has 1 amide bonds. The Balaban J connectivity index is 1.66. The molecular formula is C22H13Cl3N2O2. The monoisotopic (exact) mass is 442 g/mol. The van der Waals surface area contributed by atoms with Crippen LogP contribution in [0.4, 0.5) is 5.69 Å². The van der Waals surface area contributed by atoms with E-state index in [1.54, 1.807) is 54.7 Å². The molecule has 144 valence electrons. The lowest BCUT2D eigenvalue weighted by atomic mass is 10.1. The molecule has 1 aromatic heterocycles. The molecule has 0 atom stereocenters. The first-order chi connectivity index (χ1) is 14.0. The first-order valence-electron chi connectivity index (χ1n) is 8.59. The van der Waals surface area contributed by atoms with Crippen molar-refractivity contribution in [2.24, 2.45) is 0 Å². The van der Waals surface area contributed by atoms with Crippen molar-refractivity contribution in [3.63, 3.8) is 0 Å². The minimum absolute atomic E-state index is 0.279. The zero-order valence-corrected chi connectivity index (χ0v) is 17.1. The number of carbonyl (C=O) groups excluding carboxylic acids is 1. The van der Waals surface area contributed by atoms with Gasteiger partial charge in [-0.3, -0.25) is 4.79 Å². The van der Waals surface area contributed by atoms with Crippen LogP contribution in [0.25, 0.3) is 22.8 Å². The maximum absolute atomic E-state index is 12.9. The molecule has 4 nitrogen and oxygen atoms in total. The van der Waals surface area contributed by atoms with E-state index in [1.807, 2.05) is 18.2 Å². The number of benzene rings is 3. The first kappa shape index (κ1) is 19.5. The Hall–Kier alpha value is -2.79. The van der Waals surface area contributed by atoms with Crippen LogP contribution in [0, 0.1) is 0 Å². The third-order valence-corrected chi connectivity index (χ3v) is 5.31. The largest absolute Gasteiger partial charge is 0.436 e. The quantitative estimate of drug-likeness (QED) is 0.362. The summed E-state index contributed by atoms with van der Waals surface area (Å²) in [6, 6.07) is 19.3. The van der Waals surface area contributed by atoms with Gasteiger partial charge in [0.25, 0.3) is 5.91 Å². The highest BCUT2D eigenvalue weighted by Gasteiger charge is 2.18. The lowest BCUT2D eigenvalue weighted by Gasteiger charge is -2.10. The van der Waals surface area contributed by atoms with Crippen LogP contribution in [0.15, 0.2) is 77.3 Å². The highest BCUT2D eigenvalue weighted by atomic mass is 35.5. The van der Waals surface area contributed by atoms with E-state index in [1.165, 1.54) is 0 Å². The number of hydrogen-bond donors (Lipinski definition) is 1. The summed E-state index contributed by atoms with van der Waals surface area (Å²) in [5.74, 6) is 0.554. The van der Waals surface area contributed by atoms with Gasteiger partial charge < -0.3 is 9.73 Å². The van der Waals surface area contributed by atoms with Crippen LogP contribution in [-0.2, 0) is 0 Å². The molecule has 0 aliphatic rings. The Bertz CT molecular complexity index is 1190. The minimum atomic E-state index is -0.351. The fourth-order valence-corrected chi connectivity index (χ4v) is 3.28. The predicted octanol–water partition coefficient (Wildman–Crippen LogP) is 7.22. The SMILES string of the molecule is O=C(Nc1cccc(Cl)c1Cl)c1ccccc1-c1ncc(-c2ccc(Cl)cc2)o1. The summed E-state index contributed by atoms with van der Waals surface area (Å²) < 4.78 is 5.90. The van der Waals surface area contributed by atoms with E-state index in [9.17, 15) is 4.79 Å². The van der Waals surface area contributed by atoms with Crippen LogP contribution in [-0.4, -0.2) is 10.9 Å². The van der Waals surface area contributed by atoms with Gasteiger partial charge in [-0.1, -0.05) is 53.0 Å². The van der Waals surface area contributed by atoms with Crippen molar-refractivity contribution in [3.8, 4) is 22.8 Å². The summed E-state index contributed by atoms with van der Waals surface area (Å²) in [6.45, 7) is 0. The summed E-state index contributed by atoms with van der Waals surface area (Å²) >= 11 is 18.1. The number of nitrogens with zero attached hydrogens (tertiary/aromatic N) is 1. The van der Waals surface area contributed by atoms with Crippen molar-refractivity contribution in [2.75, 3.05) is 5.32 Å². The van der Waals surface area contributed by atoms with Crippen molar-refractivity contribution < 1.29 is 9.21 Å². The maximum Gasteiger partial charge on any atom is 0.256 e. The van der Waals surface area contributed by atoms with E-state index >= 15 is 0 Å². The molecule has 29 heavy (non-hydrogen) atoms. The van der Waals surface area contributed by atoms with Gasteiger partial charge in [-0.15, -0.1) is 0 Å². The molecule has 0 saturated carbocycles. The second-order valence-electron chi connectivity index (χ2n) is 6.14. The molecule has 0 spiro atoms. The van der Waals surface area contributed by atoms with Crippen molar-refractivity contribution >= 4 is 46.4 Å². The minimum Gasteiger partial charge on any atom is -0.436 e. The molecule has 7 heteroatoms. The Morgan fingerprint density at radius 3 is 2.45 bits per heavy atom. The third kappa shape index (κ3) is 4.15. The average Bonchev–Trinajstić information content (AvgIpc) is 3.22.